The summed E-state index contributed by atoms with van der Waals surface area (Å²) in [5.41, 5.74) is 2.89. The maximum absolute atomic E-state index is 12.1. The SMILES string of the molecule is CCCNC(=O)c1cccc(NCC(=O)Nc2cc(Cl)ccc2C)c1. The van der Waals surface area contributed by atoms with Crippen LogP contribution < -0.4 is 16.0 Å². The van der Waals surface area contributed by atoms with Gasteiger partial charge in [0.2, 0.25) is 5.91 Å². The van der Waals surface area contributed by atoms with Crippen molar-refractivity contribution in [2.24, 2.45) is 0 Å². The molecule has 0 saturated carbocycles. The molecule has 0 unspecified atom stereocenters. The zero-order chi connectivity index (χ0) is 18.2. The first-order valence-corrected chi connectivity index (χ1v) is 8.55. The fourth-order valence-corrected chi connectivity index (χ4v) is 2.39. The topological polar surface area (TPSA) is 70.2 Å². The highest BCUT2D eigenvalue weighted by molar-refractivity contribution is 6.31. The molecule has 0 saturated heterocycles. The van der Waals surface area contributed by atoms with E-state index < -0.39 is 0 Å². The van der Waals surface area contributed by atoms with E-state index in [1.807, 2.05) is 26.0 Å². The fraction of sp³-hybridized carbons (Fsp3) is 0.263. The van der Waals surface area contributed by atoms with Crippen molar-refractivity contribution in [1.29, 1.82) is 0 Å². The van der Waals surface area contributed by atoms with Crippen LogP contribution in [0.5, 0.6) is 0 Å². The van der Waals surface area contributed by atoms with E-state index in [1.54, 1.807) is 30.3 Å². The maximum atomic E-state index is 12.1. The standard InChI is InChI=1S/C19H22ClN3O2/c1-3-9-21-19(25)14-5-4-6-16(10-14)22-12-18(24)23-17-11-15(20)8-7-13(17)2/h4-8,10-11,22H,3,9,12H2,1-2H3,(H,21,25)(H,23,24). The summed E-state index contributed by atoms with van der Waals surface area (Å²) in [6.07, 6.45) is 0.882. The van der Waals surface area contributed by atoms with Crippen molar-refractivity contribution < 1.29 is 9.59 Å². The molecule has 2 aromatic carbocycles. The van der Waals surface area contributed by atoms with Gasteiger partial charge in [-0.05, 0) is 49.2 Å². The lowest BCUT2D eigenvalue weighted by Crippen LogP contribution is -2.24. The van der Waals surface area contributed by atoms with Crippen molar-refractivity contribution in [3.63, 3.8) is 0 Å². The van der Waals surface area contributed by atoms with Crippen molar-refractivity contribution in [3.8, 4) is 0 Å². The molecule has 0 aliphatic carbocycles. The Morgan fingerprint density at radius 3 is 2.68 bits per heavy atom. The lowest BCUT2D eigenvalue weighted by molar-refractivity contribution is -0.114. The molecule has 0 aromatic heterocycles. The quantitative estimate of drug-likeness (QED) is 0.703. The maximum Gasteiger partial charge on any atom is 0.251 e. The molecule has 6 heteroatoms. The second-order valence-electron chi connectivity index (χ2n) is 5.70. The third-order valence-corrected chi connectivity index (χ3v) is 3.82. The van der Waals surface area contributed by atoms with Gasteiger partial charge in [0.05, 0.1) is 6.54 Å². The van der Waals surface area contributed by atoms with Crippen LogP contribution in [0.25, 0.3) is 0 Å². The average molecular weight is 360 g/mol. The number of benzene rings is 2. The van der Waals surface area contributed by atoms with E-state index in [0.717, 1.165) is 12.0 Å². The molecule has 25 heavy (non-hydrogen) atoms. The number of amides is 2. The predicted octanol–water partition coefficient (Wildman–Crippen LogP) is 3.84. The van der Waals surface area contributed by atoms with Gasteiger partial charge in [-0.2, -0.15) is 0 Å². The minimum atomic E-state index is -0.189. The van der Waals surface area contributed by atoms with Gasteiger partial charge in [-0.25, -0.2) is 0 Å². The Morgan fingerprint density at radius 1 is 1.12 bits per heavy atom. The zero-order valence-corrected chi connectivity index (χ0v) is 15.1. The van der Waals surface area contributed by atoms with Crippen molar-refractivity contribution in [3.05, 3.63) is 58.6 Å². The van der Waals surface area contributed by atoms with Gasteiger partial charge in [-0.1, -0.05) is 30.7 Å². The molecule has 2 rings (SSSR count). The predicted molar refractivity (Wildman–Crippen MR) is 102 cm³/mol. The molecule has 0 heterocycles. The van der Waals surface area contributed by atoms with E-state index in [0.29, 0.717) is 28.5 Å². The van der Waals surface area contributed by atoms with Crippen LogP contribution in [0.1, 0.15) is 29.3 Å². The van der Waals surface area contributed by atoms with Gasteiger partial charge < -0.3 is 16.0 Å². The summed E-state index contributed by atoms with van der Waals surface area (Å²) >= 11 is 5.95. The number of hydrogen-bond donors (Lipinski definition) is 3. The Balaban J connectivity index is 1.93. The fourth-order valence-electron chi connectivity index (χ4n) is 2.22. The van der Waals surface area contributed by atoms with Crippen LogP contribution in [0.4, 0.5) is 11.4 Å². The molecule has 2 aromatic rings. The molecule has 0 aliphatic heterocycles. The Hall–Kier alpha value is -2.53. The summed E-state index contributed by atoms with van der Waals surface area (Å²) in [5.74, 6) is -0.310. The summed E-state index contributed by atoms with van der Waals surface area (Å²) in [6.45, 7) is 4.63. The lowest BCUT2D eigenvalue weighted by Gasteiger charge is -2.11. The molecule has 0 spiro atoms. The molecule has 0 radical (unpaired) electrons. The number of halogens is 1. The van der Waals surface area contributed by atoms with Crippen LogP contribution >= 0.6 is 11.6 Å². The van der Waals surface area contributed by atoms with E-state index in [-0.39, 0.29) is 18.4 Å². The second-order valence-corrected chi connectivity index (χ2v) is 6.13. The van der Waals surface area contributed by atoms with Crippen LogP contribution in [-0.2, 0) is 4.79 Å². The number of aryl methyl sites for hydroxylation is 1. The Kier molecular flexibility index (Phi) is 6.83. The molecule has 3 N–H and O–H groups in total. The summed E-state index contributed by atoms with van der Waals surface area (Å²) in [6, 6.07) is 12.4. The summed E-state index contributed by atoms with van der Waals surface area (Å²) in [7, 11) is 0. The van der Waals surface area contributed by atoms with Gasteiger partial charge in [0, 0.05) is 28.5 Å². The van der Waals surface area contributed by atoms with Gasteiger partial charge in [0.25, 0.3) is 5.91 Å². The third-order valence-electron chi connectivity index (χ3n) is 3.59. The highest BCUT2D eigenvalue weighted by Crippen LogP contribution is 2.20. The first kappa shape index (κ1) is 18.8. The minimum absolute atomic E-state index is 0.0893. The summed E-state index contributed by atoms with van der Waals surface area (Å²) < 4.78 is 0. The lowest BCUT2D eigenvalue weighted by atomic mass is 10.2. The monoisotopic (exact) mass is 359 g/mol. The number of carbonyl (C=O) groups is 2. The number of anilines is 2. The molecule has 0 aliphatic rings. The Bertz CT molecular complexity index is 762. The summed E-state index contributed by atoms with van der Waals surface area (Å²) in [4.78, 5) is 24.1. The first-order valence-electron chi connectivity index (χ1n) is 8.17. The first-order chi connectivity index (χ1) is 12.0. The van der Waals surface area contributed by atoms with Gasteiger partial charge >= 0.3 is 0 Å². The smallest absolute Gasteiger partial charge is 0.251 e. The van der Waals surface area contributed by atoms with Crippen LogP contribution in [0.3, 0.4) is 0 Å². The molecule has 132 valence electrons. The average Bonchev–Trinajstić information content (AvgIpc) is 2.61. The summed E-state index contributed by atoms with van der Waals surface area (Å²) in [5, 5.41) is 9.24. The van der Waals surface area contributed by atoms with Crippen LogP contribution in [0.2, 0.25) is 5.02 Å². The molecule has 2 amide bonds. The van der Waals surface area contributed by atoms with E-state index >= 15 is 0 Å². The van der Waals surface area contributed by atoms with E-state index in [9.17, 15) is 9.59 Å². The molecule has 0 bridgehead atoms. The molecular weight excluding hydrogens is 338 g/mol. The number of nitrogens with one attached hydrogen (secondary N) is 3. The Labute approximate surface area is 152 Å². The van der Waals surface area contributed by atoms with Gasteiger partial charge in [0.1, 0.15) is 0 Å². The van der Waals surface area contributed by atoms with Crippen molar-refractivity contribution in [2.45, 2.75) is 20.3 Å². The van der Waals surface area contributed by atoms with Gasteiger partial charge in [0.15, 0.2) is 0 Å². The number of carbonyl (C=O) groups excluding carboxylic acids is 2. The second kappa shape index (κ2) is 9.08. The Morgan fingerprint density at radius 2 is 1.92 bits per heavy atom. The van der Waals surface area contributed by atoms with Crippen LogP contribution in [0.15, 0.2) is 42.5 Å². The van der Waals surface area contributed by atoms with Crippen molar-refractivity contribution >= 4 is 34.8 Å². The van der Waals surface area contributed by atoms with Gasteiger partial charge in [-0.15, -0.1) is 0 Å². The molecule has 0 atom stereocenters. The molecule has 5 nitrogen and oxygen atoms in total. The minimum Gasteiger partial charge on any atom is -0.376 e. The van der Waals surface area contributed by atoms with Crippen LogP contribution in [-0.4, -0.2) is 24.9 Å². The number of hydrogen-bond acceptors (Lipinski definition) is 3. The normalized spacial score (nSPS) is 10.2. The number of rotatable bonds is 7. The van der Waals surface area contributed by atoms with Crippen molar-refractivity contribution in [1.82, 2.24) is 5.32 Å². The van der Waals surface area contributed by atoms with E-state index in [2.05, 4.69) is 16.0 Å². The molecule has 0 fully saturated rings. The third kappa shape index (κ3) is 5.80. The van der Waals surface area contributed by atoms with Crippen LogP contribution in [0, 0.1) is 6.92 Å². The zero-order valence-electron chi connectivity index (χ0n) is 14.4. The highest BCUT2D eigenvalue weighted by Gasteiger charge is 2.08. The van der Waals surface area contributed by atoms with Crippen molar-refractivity contribution in [2.75, 3.05) is 23.7 Å². The largest absolute Gasteiger partial charge is 0.376 e. The molecular formula is C19H22ClN3O2. The highest BCUT2D eigenvalue weighted by atomic mass is 35.5. The van der Waals surface area contributed by atoms with Gasteiger partial charge in [-0.3, -0.25) is 9.59 Å². The van der Waals surface area contributed by atoms with E-state index in [4.69, 9.17) is 11.6 Å². The van der Waals surface area contributed by atoms with E-state index in [1.165, 1.54) is 0 Å².